The summed E-state index contributed by atoms with van der Waals surface area (Å²) in [6.45, 7) is 3.06. The molecule has 142 valence electrons. The Bertz CT molecular complexity index is 665. The Morgan fingerprint density at radius 3 is 2.42 bits per heavy atom. The van der Waals surface area contributed by atoms with Crippen molar-refractivity contribution in [3.8, 4) is 5.75 Å². The smallest absolute Gasteiger partial charge is 0.225 e. The molecule has 1 aliphatic heterocycles. The van der Waals surface area contributed by atoms with Crippen LogP contribution in [-0.2, 0) is 9.59 Å². The number of carbonyl (C=O) groups is 2. The van der Waals surface area contributed by atoms with E-state index < -0.39 is 11.6 Å². The first-order valence-corrected chi connectivity index (χ1v) is 9.53. The number of hydrogen-bond acceptors (Lipinski definition) is 3. The molecule has 1 saturated carbocycles. The minimum Gasteiger partial charge on any atom is -0.505 e. The van der Waals surface area contributed by atoms with Crippen LogP contribution in [-0.4, -0.2) is 34.9 Å². The molecular weight excluding hydrogens is 335 g/mol. The first kappa shape index (κ1) is 18.7. The second-order valence-electron chi connectivity index (χ2n) is 7.52. The number of phenolic OH excluding ortho intramolecular Hbond substituents is 1. The third-order valence-electron chi connectivity index (χ3n) is 5.71. The van der Waals surface area contributed by atoms with Gasteiger partial charge in [0, 0.05) is 24.9 Å². The van der Waals surface area contributed by atoms with Crippen molar-refractivity contribution >= 4 is 11.8 Å². The van der Waals surface area contributed by atoms with Crippen molar-refractivity contribution in [2.24, 2.45) is 11.8 Å². The number of rotatable bonds is 4. The normalized spacial score (nSPS) is 20.2. The van der Waals surface area contributed by atoms with Crippen LogP contribution in [0.25, 0.3) is 0 Å². The molecule has 2 N–H and O–H groups in total. The number of amides is 2. The first-order chi connectivity index (χ1) is 12.5. The van der Waals surface area contributed by atoms with Crippen molar-refractivity contribution in [2.45, 2.75) is 51.5 Å². The van der Waals surface area contributed by atoms with E-state index in [1.54, 1.807) is 13.0 Å². The topological polar surface area (TPSA) is 69.6 Å². The number of piperidine rings is 1. The molecule has 1 aromatic carbocycles. The monoisotopic (exact) mass is 362 g/mol. The fourth-order valence-electron chi connectivity index (χ4n) is 4.00. The second-order valence-corrected chi connectivity index (χ2v) is 7.52. The predicted molar refractivity (Wildman–Crippen MR) is 95.9 cm³/mol. The Balaban J connectivity index is 1.50. The number of likely N-dealkylation sites (tertiary alicyclic amines) is 1. The SMILES string of the molecule is C[C@H](NC(=O)C1CCN(C(=O)C2CCCC2)CC1)c1ccc(O)c(F)c1. The van der Waals surface area contributed by atoms with E-state index in [0.29, 0.717) is 31.5 Å². The molecule has 5 nitrogen and oxygen atoms in total. The van der Waals surface area contributed by atoms with E-state index in [4.69, 9.17) is 0 Å². The van der Waals surface area contributed by atoms with E-state index >= 15 is 0 Å². The number of carbonyl (C=O) groups excluding carboxylic acids is 2. The highest BCUT2D eigenvalue weighted by Crippen LogP contribution is 2.29. The summed E-state index contributed by atoms with van der Waals surface area (Å²) in [6, 6.07) is 3.80. The van der Waals surface area contributed by atoms with Gasteiger partial charge in [-0.25, -0.2) is 4.39 Å². The minimum atomic E-state index is -0.692. The summed E-state index contributed by atoms with van der Waals surface area (Å²) >= 11 is 0. The lowest BCUT2D eigenvalue weighted by molar-refractivity contribution is -0.139. The molecule has 1 saturated heterocycles. The number of benzene rings is 1. The highest BCUT2D eigenvalue weighted by molar-refractivity contribution is 5.81. The summed E-state index contributed by atoms with van der Waals surface area (Å²) in [5, 5.41) is 12.2. The summed E-state index contributed by atoms with van der Waals surface area (Å²) in [7, 11) is 0. The number of nitrogens with one attached hydrogen (secondary N) is 1. The summed E-state index contributed by atoms with van der Waals surface area (Å²) < 4.78 is 13.5. The zero-order chi connectivity index (χ0) is 18.7. The van der Waals surface area contributed by atoms with Crippen LogP contribution in [0.4, 0.5) is 4.39 Å². The van der Waals surface area contributed by atoms with Crippen LogP contribution in [0, 0.1) is 17.7 Å². The zero-order valence-corrected chi connectivity index (χ0v) is 15.2. The summed E-state index contributed by atoms with van der Waals surface area (Å²) in [5.41, 5.74) is 0.613. The molecular formula is C20H27FN2O3. The van der Waals surface area contributed by atoms with Gasteiger partial charge in [0.2, 0.25) is 11.8 Å². The van der Waals surface area contributed by atoms with Gasteiger partial charge < -0.3 is 15.3 Å². The average Bonchev–Trinajstić information content (AvgIpc) is 3.18. The van der Waals surface area contributed by atoms with Crippen LogP contribution in [0.15, 0.2) is 18.2 Å². The Morgan fingerprint density at radius 1 is 1.15 bits per heavy atom. The third-order valence-corrected chi connectivity index (χ3v) is 5.71. The molecule has 1 aromatic rings. The van der Waals surface area contributed by atoms with Gasteiger partial charge in [-0.15, -0.1) is 0 Å². The van der Waals surface area contributed by atoms with Gasteiger partial charge in [-0.2, -0.15) is 0 Å². The van der Waals surface area contributed by atoms with Crippen molar-refractivity contribution in [1.29, 1.82) is 0 Å². The lowest BCUT2D eigenvalue weighted by Crippen LogP contribution is -2.45. The largest absolute Gasteiger partial charge is 0.505 e. The first-order valence-electron chi connectivity index (χ1n) is 9.53. The summed E-state index contributed by atoms with van der Waals surface area (Å²) in [6.07, 6.45) is 5.62. The fraction of sp³-hybridized carbons (Fsp3) is 0.600. The Morgan fingerprint density at radius 2 is 1.81 bits per heavy atom. The molecule has 1 heterocycles. The molecule has 6 heteroatoms. The van der Waals surface area contributed by atoms with E-state index in [9.17, 15) is 19.1 Å². The number of aromatic hydroxyl groups is 1. The molecule has 0 unspecified atom stereocenters. The maximum Gasteiger partial charge on any atom is 0.225 e. The molecule has 3 rings (SSSR count). The van der Waals surface area contributed by atoms with E-state index in [2.05, 4.69) is 5.32 Å². The third kappa shape index (κ3) is 4.17. The number of halogens is 1. The molecule has 2 fully saturated rings. The molecule has 0 aromatic heterocycles. The van der Waals surface area contributed by atoms with E-state index in [1.807, 2.05) is 4.90 Å². The highest BCUT2D eigenvalue weighted by atomic mass is 19.1. The Labute approximate surface area is 153 Å². The molecule has 1 atom stereocenters. The van der Waals surface area contributed by atoms with Crippen molar-refractivity contribution < 1.29 is 19.1 Å². The lowest BCUT2D eigenvalue weighted by atomic mass is 9.94. The lowest BCUT2D eigenvalue weighted by Gasteiger charge is -2.33. The van der Waals surface area contributed by atoms with Crippen LogP contribution in [0.5, 0.6) is 5.75 Å². The van der Waals surface area contributed by atoms with Gasteiger partial charge in [-0.3, -0.25) is 9.59 Å². The number of phenols is 1. The van der Waals surface area contributed by atoms with Crippen molar-refractivity contribution in [1.82, 2.24) is 10.2 Å². The zero-order valence-electron chi connectivity index (χ0n) is 15.2. The van der Waals surface area contributed by atoms with Crippen LogP contribution in [0.3, 0.4) is 0 Å². The van der Waals surface area contributed by atoms with Gasteiger partial charge in [0.1, 0.15) is 0 Å². The molecule has 2 aliphatic rings. The quantitative estimate of drug-likeness (QED) is 0.864. The van der Waals surface area contributed by atoms with Crippen molar-refractivity contribution in [3.63, 3.8) is 0 Å². The van der Waals surface area contributed by atoms with Crippen molar-refractivity contribution in [2.75, 3.05) is 13.1 Å². The van der Waals surface area contributed by atoms with Gasteiger partial charge in [0.25, 0.3) is 0 Å². The molecule has 0 spiro atoms. The summed E-state index contributed by atoms with van der Waals surface area (Å²) in [4.78, 5) is 26.9. The molecule has 1 aliphatic carbocycles. The Hall–Kier alpha value is -2.11. The van der Waals surface area contributed by atoms with Crippen LogP contribution >= 0.6 is 0 Å². The Kier molecular flexibility index (Phi) is 5.79. The van der Waals surface area contributed by atoms with Gasteiger partial charge in [0.15, 0.2) is 11.6 Å². The predicted octanol–water partition coefficient (Wildman–Crippen LogP) is 3.14. The van der Waals surface area contributed by atoms with Crippen molar-refractivity contribution in [3.05, 3.63) is 29.6 Å². The fourth-order valence-corrected chi connectivity index (χ4v) is 4.00. The van der Waals surface area contributed by atoms with Gasteiger partial charge in [-0.1, -0.05) is 18.9 Å². The van der Waals surface area contributed by atoms with Crippen LogP contribution < -0.4 is 5.32 Å². The maximum atomic E-state index is 13.5. The van der Waals surface area contributed by atoms with E-state index in [1.165, 1.54) is 12.1 Å². The minimum absolute atomic E-state index is 0.0565. The molecule has 0 bridgehead atoms. The average molecular weight is 362 g/mol. The van der Waals surface area contributed by atoms with Gasteiger partial charge in [-0.05, 0) is 50.3 Å². The molecule has 26 heavy (non-hydrogen) atoms. The number of nitrogens with zero attached hydrogens (tertiary/aromatic N) is 1. The molecule has 0 radical (unpaired) electrons. The summed E-state index contributed by atoms with van der Waals surface area (Å²) in [5.74, 6) is -0.820. The van der Waals surface area contributed by atoms with E-state index in [0.717, 1.165) is 25.7 Å². The van der Waals surface area contributed by atoms with Crippen LogP contribution in [0.1, 0.15) is 57.1 Å². The molecule has 2 amide bonds. The standard InChI is InChI=1S/C20H27FN2O3/c1-13(16-6-7-18(24)17(21)12-16)22-19(25)14-8-10-23(11-9-14)20(26)15-4-2-3-5-15/h6-7,12-15,24H,2-5,8-11H2,1H3,(H,22,25)/t13-/m0/s1. The second kappa shape index (κ2) is 8.06. The maximum absolute atomic E-state index is 13.5. The van der Waals surface area contributed by atoms with Gasteiger partial charge >= 0.3 is 0 Å². The number of hydrogen-bond donors (Lipinski definition) is 2. The highest BCUT2D eigenvalue weighted by Gasteiger charge is 2.32. The van der Waals surface area contributed by atoms with E-state index in [-0.39, 0.29) is 29.7 Å². The van der Waals surface area contributed by atoms with Crippen LogP contribution in [0.2, 0.25) is 0 Å². The van der Waals surface area contributed by atoms with Gasteiger partial charge in [0.05, 0.1) is 6.04 Å².